The fraction of sp³-hybridized carbons (Fsp3) is 0.533. The van der Waals surface area contributed by atoms with Crippen LogP contribution in [0.15, 0.2) is 24.3 Å². The highest BCUT2D eigenvalue weighted by Crippen LogP contribution is 2.26. The Morgan fingerprint density at radius 2 is 2.15 bits per heavy atom. The van der Waals surface area contributed by atoms with Gasteiger partial charge in [0.25, 0.3) is 5.91 Å². The van der Waals surface area contributed by atoms with E-state index in [1.54, 1.807) is 24.3 Å². The van der Waals surface area contributed by atoms with Crippen LogP contribution in [0.1, 0.15) is 12.8 Å². The highest BCUT2D eigenvalue weighted by atomic mass is 35.5. The van der Waals surface area contributed by atoms with Crippen molar-refractivity contribution in [1.82, 2.24) is 10.2 Å². The molecule has 2 unspecified atom stereocenters. The van der Waals surface area contributed by atoms with E-state index < -0.39 is 0 Å². The number of fused-ring (bicyclic) bond motifs is 1. The van der Waals surface area contributed by atoms with E-state index in [1.165, 1.54) is 6.42 Å². The monoisotopic (exact) mass is 294 g/mol. The Kier molecular flexibility index (Phi) is 4.13. The molecule has 0 bridgehead atoms. The van der Waals surface area contributed by atoms with Gasteiger partial charge < -0.3 is 15.0 Å². The van der Waals surface area contributed by atoms with Crippen LogP contribution < -0.4 is 10.1 Å². The van der Waals surface area contributed by atoms with Gasteiger partial charge in [0, 0.05) is 30.7 Å². The average molecular weight is 295 g/mol. The van der Waals surface area contributed by atoms with Gasteiger partial charge in [-0.3, -0.25) is 4.79 Å². The predicted octanol–water partition coefficient (Wildman–Crippen LogP) is 1.93. The van der Waals surface area contributed by atoms with Gasteiger partial charge in [-0.05, 0) is 43.0 Å². The molecule has 0 aliphatic carbocycles. The van der Waals surface area contributed by atoms with Gasteiger partial charge in [-0.15, -0.1) is 0 Å². The van der Waals surface area contributed by atoms with Crippen LogP contribution in [0.3, 0.4) is 0 Å². The second kappa shape index (κ2) is 6.02. The number of carbonyl (C=O) groups is 1. The van der Waals surface area contributed by atoms with Gasteiger partial charge in [-0.25, -0.2) is 0 Å². The minimum absolute atomic E-state index is 0.0818. The number of carbonyl (C=O) groups excluding carboxylic acids is 1. The SMILES string of the molecule is O=C(COc1ccc(Cl)cc1)N1CCCC2CNCC21. The average Bonchev–Trinajstić information content (AvgIpc) is 2.94. The lowest BCUT2D eigenvalue weighted by atomic mass is 9.92. The van der Waals surface area contributed by atoms with E-state index in [1.807, 2.05) is 4.90 Å². The molecule has 0 aromatic heterocycles. The van der Waals surface area contributed by atoms with Crippen molar-refractivity contribution < 1.29 is 9.53 Å². The number of amides is 1. The maximum atomic E-state index is 12.3. The quantitative estimate of drug-likeness (QED) is 0.926. The van der Waals surface area contributed by atoms with Crippen molar-refractivity contribution in [3.05, 3.63) is 29.3 Å². The number of benzene rings is 1. The summed E-state index contributed by atoms with van der Waals surface area (Å²) in [6.07, 6.45) is 2.31. The van der Waals surface area contributed by atoms with E-state index in [2.05, 4.69) is 5.32 Å². The van der Waals surface area contributed by atoms with E-state index >= 15 is 0 Å². The lowest BCUT2D eigenvalue weighted by molar-refractivity contribution is -0.137. The molecule has 2 saturated heterocycles. The summed E-state index contributed by atoms with van der Waals surface area (Å²) in [6.45, 7) is 2.90. The van der Waals surface area contributed by atoms with Gasteiger partial charge in [0.1, 0.15) is 5.75 Å². The molecule has 0 saturated carbocycles. The molecule has 1 aromatic rings. The molecule has 0 radical (unpaired) electrons. The zero-order valence-electron chi connectivity index (χ0n) is 11.3. The van der Waals surface area contributed by atoms with Crippen LogP contribution >= 0.6 is 11.6 Å². The molecule has 0 spiro atoms. The normalized spacial score (nSPS) is 25.4. The maximum Gasteiger partial charge on any atom is 0.260 e. The summed E-state index contributed by atoms with van der Waals surface area (Å²) < 4.78 is 5.55. The standard InChI is InChI=1S/C15H19ClN2O2/c16-12-3-5-13(6-4-12)20-10-15(19)18-7-1-2-11-8-17-9-14(11)18/h3-6,11,14,17H,1-2,7-10H2. The lowest BCUT2D eigenvalue weighted by Crippen LogP contribution is -2.49. The predicted molar refractivity (Wildman–Crippen MR) is 78.0 cm³/mol. The highest BCUT2D eigenvalue weighted by Gasteiger charge is 2.37. The lowest BCUT2D eigenvalue weighted by Gasteiger charge is -2.37. The van der Waals surface area contributed by atoms with Gasteiger partial charge in [-0.1, -0.05) is 11.6 Å². The number of hydrogen-bond donors (Lipinski definition) is 1. The number of nitrogens with zero attached hydrogens (tertiary/aromatic N) is 1. The minimum atomic E-state index is 0.0818. The zero-order valence-corrected chi connectivity index (χ0v) is 12.1. The Bertz CT molecular complexity index is 477. The number of rotatable bonds is 3. The highest BCUT2D eigenvalue weighted by molar-refractivity contribution is 6.30. The van der Waals surface area contributed by atoms with Gasteiger partial charge in [0.15, 0.2) is 6.61 Å². The fourth-order valence-electron chi connectivity index (χ4n) is 3.14. The van der Waals surface area contributed by atoms with Gasteiger partial charge >= 0.3 is 0 Å². The molecule has 108 valence electrons. The number of likely N-dealkylation sites (tertiary alicyclic amines) is 1. The van der Waals surface area contributed by atoms with Gasteiger partial charge in [0.2, 0.25) is 0 Å². The summed E-state index contributed by atoms with van der Waals surface area (Å²) in [5, 5.41) is 4.05. The van der Waals surface area contributed by atoms with Crippen LogP contribution in [-0.4, -0.2) is 43.1 Å². The molecule has 4 nitrogen and oxygen atoms in total. The topological polar surface area (TPSA) is 41.6 Å². The number of halogens is 1. The van der Waals surface area contributed by atoms with Crippen molar-refractivity contribution in [2.24, 2.45) is 5.92 Å². The second-order valence-electron chi connectivity index (χ2n) is 5.46. The summed E-state index contributed by atoms with van der Waals surface area (Å²) in [5.74, 6) is 1.38. The molecule has 20 heavy (non-hydrogen) atoms. The summed E-state index contributed by atoms with van der Waals surface area (Å²) in [4.78, 5) is 14.3. The number of hydrogen-bond acceptors (Lipinski definition) is 3. The molecule has 5 heteroatoms. The Balaban J connectivity index is 1.57. The van der Waals surface area contributed by atoms with Crippen molar-refractivity contribution in [2.45, 2.75) is 18.9 Å². The first-order valence-electron chi connectivity index (χ1n) is 7.12. The van der Waals surface area contributed by atoms with Crippen molar-refractivity contribution >= 4 is 17.5 Å². The summed E-state index contributed by atoms with van der Waals surface area (Å²) in [6, 6.07) is 7.45. The van der Waals surface area contributed by atoms with Gasteiger partial charge in [0.05, 0.1) is 0 Å². The summed E-state index contributed by atoms with van der Waals surface area (Å²) >= 11 is 5.82. The van der Waals surface area contributed by atoms with Crippen LogP contribution in [-0.2, 0) is 4.79 Å². The smallest absolute Gasteiger partial charge is 0.260 e. The summed E-state index contributed by atoms with van der Waals surface area (Å²) in [5.41, 5.74) is 0. The van der Waals surface area contributed by atoms with Crippen molar-refractivity contribution in [3.8, 4) is 5.75 Å². The third-order valence-corrected chi connectivity index (χ3v) is 4.43. The molecule has 2 atom stereocenters. The van der Waals surface area contributed by atoms with Crippen molar-refractivity contribution in [3.63, 3.8) is 0 Å². The second-order valence-corrected chi connectivity index (χ2v) is 5.89. The Morgan fingerprint density at radius 3 is 2.95 bits per heavy atom. The largest absolute Gasteiger partial charge is 0.484 e. The zero-order chi connectivity index (χ0) is 13.9. The van der Waals surface area contributed by atoms with Crippen molar-refractivity contribution in [1.29, 1.82) is 0 Å². The Morgan fingerprint density at radius 1 is 1.35 bits per heavy atom. The molecule has 2 fully saturated rings. The van der Waals surface area contributed by atoms with Crippen LogP contribution in [0.5, 0.6) is 5.75 Å². The van der Waals surface area contributed by atoms with E-state index in [9.17, 15) is 4.79 Å². The molecular formula is C15H19ClN2O2. The van der Waals surface area contributed by atoms with Gasteiger partial charge in [-0.2, -0.15) is 0 Å². The molecule has 2 aliphatic rings. The maximum absolute atomic E-state index is 12.3. The molecule has 1 amide bonds. The summed E-state index contributed by atoms with van der Waals surface area (Å²) in [7, 11) is 0. The molecule has 3 rings (SSSR count). The van der Waals surface area contributed by atoms with Crippen LogP contribution in [0, 0.1) is 5.92 Å². The van der Waals surface area contributed by atoms with E-state index in [0.717, 1.165) is 26.1 Å². The minimum Gasteiger partial charge on any atom is -0.484 e. The van der Waals surface area contributed by atoms with Crippen LogP contribution in [0.25, 0.3) is 0 Å². The Labute approximate surface area is 124 Å². The molecule has 1 aromatic carbocycles. The number of piperidine rings is 1. The third-order valence-electron chi connectivity index (χ3n) is 4.17. The first-order valence-corrected chi connectivity index (χ1v) is 7.50. The Hall–Kier alpha value is -1.26. The first-order chi connectivity index (χ1) is 9.74. The van der Waals surface area contributed by atoms with E-state index in [4.69, 9.17) is 16.3 Å². The van der Waals surface area contributed by atoms with Crippen LogP contribution in [0.4, 0.5) is 0 Å². The van der Waals surface area contributed by atoms with E-state index in [0.29, 0.717) is 22.7 Å². The molecule has 1 N–H and O–H groups in total. The molecule has 2 heterocycles. The number of ether oxygens (including phenoxy) is 1. The number of nitrogens with one attached hydrogen (secondary N) is 1. The molecular weight excluding hydrogens is 276 g/mol. The van der Waals surface area contributed by atoms with Crippen molar-refractivity contribution in [2.75, 3.05) is 26.2 Å². The van der Waals surface area contributed by atoms with Crippen LogP contribution in [0.2, 0.25) is 5.02 Å². The fourth-order valence-corrected chi connectivity index (χ4v) is 3.26. The first kappa shape index (κ1) is 13.7. The molecule has 2 aliphatic heterocycles. The third kappa shape index (κ3) is 2.91. The van der Waals surface area contributed by atoms with E-state index in [-0.39, 0.29) is 12.5 Å².